The van der Waals surface area contributed by atoms with Gasteiger partial charge in [0.25, 0.3) is 0 Å². The average molecular weight is 333 g/mol. The van der Waals surface area contributed by atoms with E-state index in [0.717, 1.165) is 16.7 Å². The van der Waals surface area contributed by atoms with Gasteiger partial charge in [-0.05, 0) is 28.8 Å². The summed E-state index contributed by atoms with van der Waals surface area (Å²) in [5.41, 5.74) is 8.72. The third-order valence-electron chi connectivity index (χ3n) is 3.66. The Morgan fingerprint density at radius 1 is 1.22 bits per heavy atom. The van der Waals surface area contributed by atoms with E-state index in [4.69, 9.17) is 22.1 Å². The highest BCUT2D eigenvalue weighted by molar-refractivity contribution is 6.30. The molecule has 0 aliphatic carbocycles. The summed E-state index contributed by atoms with van der Waals surface area (Å²) >= 11 is 5.94. The van der Waals surface area contributed by atoms with Crippen LogP contribution in [0.1, 0.15) is 12.0 Å². The molecule has 23 heavy (non-hydrogen) atoms. The van der Waals surface area contributed by atoms with Crippen molar-refractivity contribution in [3.63, 3.8) is 0 Å². The Morgan fingerprint density at radius 2 is 1.91 bits per heavy atom. The molecule has 2 aromatic carbocycles. The molecule has 0 bridgehead atoms. The predicted molar refractivity (Wildman–Crippen MR) is 93.2 cm³/mol. The molecule has 5 heteroatoms. The molecular formula is C18H21ClN2O2. The normalized spacial score (nSPS) is 12.0. The van der Waals surface area contributed by atoms with Crippen LogP contribution in [0.15, 0.2) is 48.5 Å². The molecule has 2 rings (SSSR count). The second-order valence-electron chi connectivity index (χ2n) is 5.24. The Bertz CT molecular complexity index is 640. The molecule has 4 nitrogen and oxygen atoms in total. The number of hydrogen-bond acceptors (Lipinski definition) is 3. The van der Waals surface area contributed by atoms with Crippen molar-refractivity contribution in [3.8, 4) is 11.1 Å². The fourth-order valence-electron chi connectivity index (χ4n) is 2.32. The number of rotatable bonds is 7. The SMILES string of the molecule is COC(CN)CC(=O)NCc1ccccc1-c1ccc(Cl)cc1. The highest BCUT2D eigenvalue weighted by Crippen LogP contribution is 2.25. The average Bonchev–Trinajstić information content (AvgIpc) is 2.59. The van der Waals surface area contributed by atoms with Crippen molar-refractivity contribution in [3.05, 3.63) is 59.1 Å². The highest BCUT2D eigenvalue weighted by Gasteiger charge is 2.12. The van der Waals surface area contributed by atoms with Crippen LogP contribution in [0.2, 0.25) is 5.02 Å². The lowest BCUT2D eigenvalue weighted by Gasteiger charge is -2.14. The monoisotopic (exact) mass is 332 g/mol. The number of halogens is 1. The number of amides is 1. The van der Waals surface area contributed by atoms with Gasteiger partial charge in [0.1, 0.15) is 0 Å². The lowest BCUT2D eigenvalue weighted by Crippen LogP contribution is -2.32. The molecule has 1 unspecified atom stereocenters. The second kappa shape index (κ2) is 8.67. The quantitative estimate of drug-likeness (QED) is 0.819. The summed E-state index contributed by atoms with van der Waals surface area (Å²) in [4.78, 5) is 12.0. The Hall–Kier alpha value is -1.88. The van der Waals surface area contributed by atoms with Gasteiger partial charge in [-0.15, -0.1) is 0 Å². The van der Waals surface area contributed by atoms with Gasteiger partial charge in [0, 0.05) is 25.2 Å². The Kier molecular flexibility index (Phi) is 6.59. The molecule has 2 aromatic rings. The molecule has 0 radical (unpaired) electrons. The van der Waals surface area contributed by atoms with E-state index < -0.39 is 0 Å². The van der Waals surface area contributed by atoms with Crippen molar-refractivity contribution in [2.24, 2.45) is 5.73 Å². The molecule has 0 saturated heterocycles. The minimum atomic E-state index is -0.249. The zero-order valence-corrected chi connectivity index (χ0v) is 13.8. The van der Waals surface area contributed by atoms with Crippen molar-refractivity contribution in [1.82, 2.24) is 5.32 Å². The zero-order valence-electron chi connectivity index (χ0n) is 13.1. The van der Waals surface area contributed by atoms with Gasteiger partial charge in [0.15, 0.2) is 0 Å². The molecule has 0 aromatic heterocycles. The molecular weight excluding hydrogens is 312 g/mol. The molecule has 0 heterocycles. The van der Waals surface area contributed by atoms with Crippen molar-refractivity contribution < 1.29 is 9.53 Å². The van der Waals surface area contributed by atoms with E-state index in [-0.39, 0.29) is 18.4 Å². The van der Waals surface area contributed by atoms with Crippen LogP contribution >= 0.6 is 11.6 Å². The van der Waals surface area contributed by atoms with Gasteiger partial charge in [0.2, 0.25) is 5.91 Å². The van der Waals surface area contributed by atoms with Gasteiger partial charge >= 0.3 is 0 Å². The third-order valence-corrected chi connectivity index (χ3v) is 3.91. The maximum absolute atomic E-state index is 12.0. The van der Waals surface area contributed by atoms with Crippen LogP contribution in [0.25, 0.3) is 11.1 Å². The Labute approximate surface area is 141 Å². The first kappa shape index (κ1) is 17.5. The van der Waals surface area contributed by atoms with Crippen LogP contribution in [-0.4, -0.2) is 25.7 Å². The van der Waals surface area contributed by atoms with E-state index in [0.29, 0.717) is 18.1 Å². The first-order valence-electron chi connectivity index (χ1n) is 7.47. The van der Waals surface area contributed by atoms with Crippen molar-refractivity contribution in [2.45, 2.75) is 19.1 Å². The van der Waals surface area contributed by atoms with Crippen LogP contribution in [-0.2, 0) is 16.1 Å². The van der Waals surface area contributed by atoms with E-state index in [1.165, 1.54) is 0 Å². The van der Waals surface area contributed by atoms with Crippen LogP contribution in [0.5, 0.6) is 0 Å². The third kappa shape index (κ3) is 5.06. The van der Waals surface area contributed by atoms with Gasteiger partial charge in [-0.3, -0.25) is 4.79 Å². The number of methoxy groups -OCH3 is 1. The van der Waals surface area contributed by atoms with E-state index >= 15 is 0 Å². The topological polar surface area (TPSA) is 64.3 Å². The van der Waals surface area contributed by atoms with Crippen molar-refractivity contribution >= 4 is 17.5 Å². The first-order valence-corrected chi connectivity index (χ1v) is 7.85. The summed E-state index contributed by atoms with van der Waals surface area (Å²) in [7, 11) is 1.56. The molecule has 0 fully saturated rings. The summed E-state index contributed by atoms with van der Waals surface area (Å²) in [5.74, 6) is -0.0757. The fraction of sp³-hybridized carbons (Fsp3) is 0.278. The molecule has 0 aliphatic rings. The maximum atomic E-state index is 12.0. The van der Waals surface area contributed by atoms with Gasteiger partial charge in [-0.1, -0.05) is 48.0 Å². The van der Waals surface area contributed by atoms with Crippen LogP contribution in [0.4, 0.5) is 0 Å². The molecule has 0 aliphatic heterocycles. The van der Waals surface area contributed by atoms with Gasteiger partial charge in [0.05, 0.1) is 12.5 Å². The molecule has 1 amide bonds. The summed E-state index contributed by atoms with van der Waals surface area (Å²) in [6, 6.07) is 15.6. The van der Waals surface area contributed by atoms with Crippen molar-refractivity contribution in [1.29, 1.82) is 0 Å². The number of benzene rings is 2. The number of ether oxygens (including phenoxy) is 1. The van der Waals surface area contributed by atoms with E-state index in [2.05, 4.69) is 5.32 Å². The van der Waals surface area contributed by atoms with Crippen LogP contribution in [0, 0.1) is 0 Å². The Balaban J connectivity index is 2.06. The van der Waals surface area contributed by atoms with Crippen LogP contribution in [0.3, 0.4) is 0 Å². The largest absolute Gasteiger partial charge is 0.380 e. The molecule has 0 saturated carbocycles. The lowest BCUT2D eigenvalue weighted by molar-refractivity contribution is -0.123. The Morgan fingerprint density at radius 3 is 2.57 bits per heavy atom. The minimum absolute atomic E-state index is 0.0757. The lowest BCUT2D eigenvalue weighted by atomic mass is 10.00. The van der Waals surface area contributed by atoms with E-state index in [1.54, 1.807) is 7.11 Å². The van der Waals surface area contributed by atoms with Gasteiger partial charge < -0.3 is 15.8 Å². The van der Waals surface area contributed by atoms with E-state index in [9.17, 15) is 4.79 Å². The predicted octanol–water partition coefficient (Wildman–Crippen LogP) is 2.99. The molecule has 0 spiro atoms. The zero-order chi connectivity index (χ0) is 16.7. The number of hydrogen-bond donors (Lipinski definition) is 2. The minimum Gasteiger partial charge on any atom is -0.380 e. The first-order chi connectivity index (χ1) is 11.1. The van der Waals surface area contributed by atoms with Gasteiger partial charge in [-0.2, -0.15) is 0 Å². The molecule has 1 atom stereocenters. The van der Waals surface area contributed by atoms with Gasteiger partial charge in [-0.25, -0.2) is 0 Å². The molecule has 122 valence electrons. The number of nitrogens with two attached hydrogens (primary N) is 1. The summed E-state index contributed by atoms with van der Waals surface area (Å²) in [5, 5.41) is 3.62. The summed E-state index contributed by atoms with van der Waals surface area (Å²) in [6.45, 7) is 0.782. The maximum Gasteiger partial charge on any atom is 0.222 e. The summed E-state index contributed by atoms with van der Waals surface area (Å²) < 4.78 is 5.13. The van der Waals surface area contributed by atoms with Crippen LogP contribution < -0.4 is 11.1 Å². The highest BCUT2D eigenvalue weighted by atomic mass is 35.5. The molecule has 3 N–H and O–H groups in total. The number of carbonyl (C=O) groups excluding carboxylic acids is 1. The smallest absolute Gasteiger partial charge is 0.222 e. The second-order valence-corrected chi connectivity index (χ2v) is 5.67. The standard InChI is InChI=1S/C18H21ClN2O2/c1-23-16(11-20)10-18(22)21-12-14-4-2-3-5-17(14)13-6-8-15(19)9-7-13/h2-9,16H,10-12,20H2,1H3,(H,21,22). The summed E-state index contributed by atoms with van der Waals surface area (Å²) in [6.07, 6.45) is 0.0114. The number of carbonyl (C=O) groups is 1. The number of nitrogens with one attached hydrogen (secondary N) is 1. The van der Waals surface area contributed by atoms with Crippen molar-refractivity contribution in [2.75, 3.05) is 13.7 Å². The fourth-order valence-corrected chi connectivity index (χ4v) is 2.45. The van der Waals surface area contributed by atoms with E-state index in [1.807, 2.05) is 48.5 Å².